The van der Waals surface area contributed by atoms with Crippen molar-refractivity contribution in [1.82, 2.24) is 10.2 Å². The minimum absolute atomic E-state index is 0.0314. The van der Waals surface area contributed by atoms with E-state index in [9.17, 15) is 9.59 Å². The van der Waals surface area contributed by atoms with E-state index in [-0.39, 0.29) is 25.2 Å². The van der Waals surface area contributed by atoms with Crippen LogP contribution in [0.2, 0.25) is 0 Å². The number of carboxylic acids is 1. The molecule has 0 aliphatic carbocycles. The number of nitrogens with zero attached hydrogens (tertiary/aromatic N) is 1. The number of amides is 2. The fourth-order valence-corrected chi connectivity index (χ4v) is 1.99. The van der Waals surface area contributed by atoms with Crippen LogP contribution in [0.25, 0.3) is 0 Å². The lowest BCUT2D eigenvalue weighted by atomic mass is 10.2. The first-order chi connectivity index (χ1) is 9.03. The molecule has 0 spiro atoms. The van der Waals surface area contributed by atoms with Crippen LogP contribution in [-0.2, 0) is 14.3 Å². The summed E-state index contributed by atoms with van der Waals surface area (Å²) in [7, 11) is 3.06. The SMILES string of the molecule is COC1CN(C(=O)N[C@@H](CCO)C(=O)O)CC1OC. The molecule has 2 amide bonds. The van der Waals surface area contributed by atoms with Gasteiger partial charge in [0.2, 0.25) is 0 Å². The highest BCUT2D eigenvalue weighted by Crippen LogP contribution is 2.15. The summed E-state index contributed by atoms with van der Waals surface area (Å²) in [6.07, 6.45) is -0.482. The average molecular weight is 276 g/mol. The van der Waals surface area contributed by atoms with Crippen LogP contribution in [0.1, 0.15) is 6.42 Å². The van der Waals surface area contributed by atoms with Gasteiger partial charge in [-0.2, -0.15) is 0 Å². The molecular weight excluding hydrogens is 256 g/mol. The van der Waals surface area contributed by atoms with Crippen LogP contribution < -0.4 is 5.32 Å². The van der Waals surface area contributed by atoms with Gasteiger partial charge < -0.3 is 29.9 Å². The van der Waals surface area contributed by atoms with E-state index in [0.29, 0.717) is 13.1 Å². The Bertz CT molecular complexity index is 312. The van der Waals surface area contributed by atoms with Gasteiger partial charge in [-0.05, 0) is 0 Å². The normalized spacial score (nSPS) is 24.3. The fraction of sp³-hybridized carbons (Fsp3) is 0.818. The van der Waals surface area contributed by atoms with E-state index in [2.05, 4.69) is 5.32 Å². The lowest BCUT2D eigenvalue weighted by Gasteiger charge is -2.20. The first-order valence-corrected chi connectivity index (χ1v) is 5.98. The van der Waals surface area contributed by atoms with Gasteiger partial charge in [0.15, 0.2) is 0 Å². The van der Waals surface area contributed by atoms with Gasteiger partial charge in [0, 0.05) is 27.2 Å². The van der Waals surface area contributed by atoms with Crippen LogP contribution >= 0.6 is 0 Å². The van der Waals surface area contributed by atoms with Crippen LogP contribution in [0.15, 0.2) is 0 Å². The maximum Gasteiger partial charge on any atom is 0.326 e. The first kappa shape index (κ1) is 15.7. The van der Waals surface area contributed by atoms with Gasteiger partial charge in [0.05, 0.1) is 13.1 Å². The van der Waals surface area contributed by atoms with Gasteiger partial charge in [0.1, 0.15) is 18.2 Å². The molecule has 1 heterocycles. The van der Waals surface area contributed by atoms with Crippen LogP contribution in [0, 0.1) is 0 Å². The van der Waals surface area contributed by atoms with Gasteiger partial charge in [-0.15, -0.1) is 0 Å². The molecule has 8 nitrogen and oxygen atoms in total. The summed E-state index contributed by atoms with van der Waals surface area (Å²) in [6.45, 7) is 0.372. The highest BCUT2D eigenvalue weighted by molar-refractivity contribution is 5.82. The molecule has 1 saturated heterocycles. The van der Waals surface area contributed by atoms with E-state index in [1.165, 1.54) is 19.1 Å². The van der Waals surface area contributed by atoms with Crippen LogP contribution in [-0.4, -0.2) is 79.3 Å². The minimum Gasteiger partial charge on any atom is -0.480 e. The predicted molar refractivity (Wildman–Crippen MR) is 64.8 cm³/mol. The Labute approximate surface area is 111 Å². The number of urea groups is 1. The minimum atomic E-state index is -1.17. The predicted octanol–water partition coefficient (Wildman–Crippen LogP) is -1.12. The molecule has 3 atom stereocenters. The van der Waals surface area contributed by atoms with Gasteiger partial charge >= 0.3 is 12.0 Å². The number of carbonyl (C=O) groups is 2. The van der Waals surface area contributed by atoms with Gasteiger partial charge in [0.25, 0.3) is 0 Å². The van der Waals surface area contributed by atoms with Crippen molar-refractivity contribution in [2.75, 3.05) is 33.9 Å². The number of rotatable bonds is 6. The topological polar surface area (TPSA) is 108 Å². The Morgan fingerprint density at radius 1 is 1.32 bits per heavy atom. The lowest BCUT2D eigenvalue weighted by Crippen LogP contribution is -2.48. The number of likely N-dealkylation sites (tertiary alicyclic amines) is 1. The molecule has 1 aliphatic rings. The van der Waals surface area contributed by atoms with E-state index in [4.69, 9.17) is 19.7 Å². The lowest BCUT2D eigenvalue weighted by molar-refractivity contribution is -0.139. The summed E-state index contributed by atoms with van der Waals surface area (Å²) < 4.78 is 10.4. The summed E-state index contributed by atoms with van der Waals surface area (Å²) in [5, 5.41) is 20.0. The zero-order chi connectivity index (χ0) is 14.4. The molecule has 2 unspecified atom stereocenters. The van der Waals surface area contributed by atoms with E-state index >= 15 is 0 Å². The van der Waals surface area contributed by atoms with Gasteiger partial charge in [-0.1, -0.05) is 0 Å². The maximum atomic E-state index is 11.9. The van der Waals surface area contributed by atoms with Crippen molar-refractivity contribution in [2.24, 2.45) is 0 Å². The molecule has 1 fully saturated rings. The molecular formula is C11H20N2O6. The largest absolute Gasteiger partial charge is 0.480 e. The molecule has 110 valence electrons. The highest BCUT2D eigenvalue weighted by atomic mass is 16.5. The number of aliphatic hydroxyl groups is 1. The van der Waals surface area contributed by atoms with E-state index < -0.39 is 18.0 Å². The Balaban J connectivity index is 2.56. The number of ether oxygens (including phenoxy) is 2. The number of aliphatic carboxylic acids is 1. The molecule has 1 rings (SSSR count). The number of carboxylic acid groups (broad SMARTS) is 1. The van der Waals surface area contributed by atoms with Crippen LogP contribution in [0.3, 0.4) is 0 Å². The molecule has 0 saturated carbocycles. The number of carbonyl (C=O) groups excluding carboxylic acids is 1. The molecule has 19 heavy (non-hydrogen) atoms. The van der Waals surface area contributed by atoms with Crippen molar-refractivity contribution in [3.05, 3.63) is 0 Å². The third kappa shape index (κ3) is 4.05. The van der Waals surface area contributed by atoms with Crippen molar-refractivity contribution in [3.63, 3.8) is 0 Å². The summed E-state index contributed by atoms with van der Waals surface area (Å²) >= 11 is 0. The molecule has 1 aliphatic heterocycles. The molecule has 3 N–H and O–H groups in total. The molecule has 0 bridgehead atoms. The zero-order valence-corrected chi connectivity index (χ0v) is 11.0. The maximum absolute atomic E-state index is 11.9. The molecule has 0 aromatic heterocycles. The number of methoxy groups -OCH3 is 2. The summed E-state index contributed by atoms with van der Waals surface area (Å²) in [5.74, 6) is -1.17. The second kappa shape index (κ2) is 7.27. The Hall–Kier alpha value is -1.38. The second-order valence-corrected chi connectivity index (χ2v) is 4.31. The number of hydrogen-bond donors (Lipinski definition) is 3. The highest BCUT2D eigenvalue weighted by Gasteiger charge is 2.36. The van der Waals surface area contributed by atoms with Crippen molar-refractivity contribution in [1.29, 1.82) is 0 Å². The van der Waals surface area contributed by atoms with Crippen molar-refractivity contribution in [3.8, 4) is 0 Å². The molecule has 0 radical (unpaired) electrons. The second-order valence-electron chi connectivity index (χ2n) is 4.31. The van der Waals surface area contributed by atoms with Crippen molar-refractivity contribution < 1.29 is 29.3 Å². The Morgan fingerprint density at radius 2 is 1.84 bits per heavy atom. The monoisotopic (exact) mass is 276 g/mol. The van der Waals surface area contributed by atoms with E-state index in [0.717, 1.165) is 0 Å². The Morgan fingerprint density at radius 3 is 2.21 bits per heavy atom. The van der Waals surface area contributed by atoms with Gasteiger partial charge in [-0.25, -0.2) is 9.59 Å². The smallest absolute Gasteiger partial charge is 0.326 e. The molecule has 0 aromatic carbocycles. The fourth-order valence-electron chi connectivity index (χ4n) is 1.99. The quantitative estimate of drug-likeness (QED) is 0.567. The summed E-state index contributed by atoms with van der Waals surface area (Å²) in [4.78, 5) is 24.2. The third-order valence-corrected chi connectivity index (χ3v) is 3.12. The van der Waals surface area contributed by atoms with Crippen LogP contribution in [0.4, 0.5) is 4.79 Å². The average Bonchev–Trinajstić information content (AvgIpc) is 2.81. The van der Waals surface area contributed by atoms with Crippen molar-refractivity contribution >= 4 is 12.0 Å². The summed E-state index contributed by atoms with van der Waals surface area (Å²) in [5.41, 5.74) is 0. The van der Waals surface area contributed by atoms with E-state index in [1.807, 2.05) is 0 Å². The van der Waals surface area contributed by atoms with E-state index in [1.54, 1.807) is 0 Å². The number of aliphatic hydroxyl groups excluding tert-OH is 1. The molecule has 0 aromatic rings. The summed E-state index contributed by atoms with van der Waals surface area (Å²) in [6, 6.07) is -1.59. The zero-order valence-electron chi connectivity index (χ0n) is 11.0. The third-order valence-electron chi connectivity index (χ3n) is 3.12. The standard InChI is InChI=1S/C11H20N2O6/c1-18-8-5-13(6-9(8)19-2)11(17)12-7(3-4-14)10(15)16/h7-9,14H,3-6H2,1-2H3,(H,12,17)(H,15,16)/t7-,8?,9?/m0/s1. The number of nitrogens with one attached hydrogen (secondary N) is 1. The van der Waals surface area contributed by atoms with Crippen LogP contribution in [0.5, 0.6) is 0 Å². The number of hydrogen-bond acceptors (Lipinski definition) is 5. The molecule has 8 heteroatoms. The first-order valence-electron chi connectivity index (χ1n) is 5.98. The van der Waals surface area contributed by atoms with Crippen molar-refractivity contribution in [2.45, 2.75) is 24.7 Å². The van der Waals surface area contributed by atoms with Gasteiger partial charge in [-0.3, -0.25) is 0 Å². The Kier molecular flexibility index (Phi) is 6.00.